The molecule has 3 aromatic rings. The first-order valence-electron chi connectivity index (χ1n) is 11.0. The Hall–Kier alpha value is -3.79. The van der Waals surface area contributed by atoms with Crippen LogP contribution in [0.4, 0.5) is 5.69 Å². The maximum absolute atomic E-state index is 12.6. The number of carbonyl (C=O) groups is 2. The van der Waals surface area contributed by atoms with Crippen molar-refractivity contribution in [2.24, 2.45) is 0 Å². The van der Waals surface area contributed by atoms with Crippen LogP contribution in [-0.4, -0.2) is 46.6 Å². The van der Waals surface area contributed by atoms with Crippen molar-refractivity contribution in [1.29, 1.82) is 0 Å². The van der Waals surface area contributed by atoms with E-state index < -0.39 is 0 Å². The van der Waals surface area contributed by atoms with Gasteiger partial charge in [-0.25, -0.2) is 0 Å². The largest absolute Gasteiger partial charge is 0.497 e. The Balaban J connectivity index is 1.60. The van der Waals surface area contributed by atoms with E-state index in [-0.39, 0.29) is 30.0 Å². The summed E-state index contributed by atoms with van der Waals surface area (Å²) in [5.74, 6) is 1.81. The average molecular weight is 496 g/mol. The molecule has 0 aliphatic carbocycles. The third-order valence-corrected chi connectivity index (χ3v) is 6.00. The van der Waals surface area contributed by atoms with Gasteiger partial charge in [0.1, 0.15) is 11.5 Å². The SMILES string of the molecule is C=CCn1c(SCC(=O)Nc2cccc(OC)c2)nnc1[C@@H](C)NC(=O)Cc1ccc(OC)cc1. The first kappa shape index (κ1) is 25.8. The minimum Gasteiger partial charge on any atom is -0.497 e. The number of benzene rings is 2. The van der Waals surface area contributed by atoms with E-state index in [1.54, 1.807) is 44.6 Å². The van der Waals surface area contributed by atoms with Crippen molar-refractivity contribution < 1.29 is 19.1 Å². The second kappa shape index (κ2) is 12.6. The van der Waals surface area contributed by atoms with Crippen molar-refractivity contribution in [2.75, 3.05) is 25.3 Å². The topological polar surface area (TPSA) is 107 Å². The molecular formula is C25H29N5O4S. The van der Waals surface area contributed by atoms with Gasteiger partial charge in [0.05, 0.1) is 32.4 Å². The zero-order valence-electron chi connectivity index (χ0n) is 20.0. The second-order valence-corrected chi connectivity index (χ2v) is 8.57. The number of allylic oxidation sites excluding steroid dienone is 1. The zero-order chi connectivity index (χ0) is 25.2. The lowest BCUT2D eigenvalue weighted by Crippen LogP contribution is -2.30. The van der Waals surface area contributed by atoms with E-state index in [9.17, 15) is 9.59 Å². The van der Waals surface area contributed by atoms with Gasteiger partial charge in [0.2, 0.25) is 11.8 Å². The summed E-state index contributed by atoms with van der Waals surface area (Å²) in [7, 11) is 3.17. The normalized spacial score (nSPS) is 11.4. The summed E-state index contributed by atoms with van der Waals surface area (Å²) in [4.78, 5) is 25.0. The van der Waals surface area contributed by atoms with Gasteiger partial charge in [-0.2, -0.15) is 0 Å². The minimum absolute atomic E-state index is 0.136. The van der Waals surface area contributed by atoms with Crippen molar-refractivity contribution in [3.8, 4) is 11.5 Å². The van der Waals surface area contributed by atoms with Crippen molar-refractivity contribution in [3.05, 3.63) is 72.6 Å². The summed E-state index contributed by atoms with van der Waals surface area (Å²) >= 11 is 1.26. The number of methoxy groups -OCH3 is 2. The molecule has 9 nitrogen and oxygen atoms in total. The van der Waals surface area contributed by atoms with Crippen LogP contribution in [0, 0.1) is 0 Å². The smallest absolute Gasteiger partial charge is 0.234 e. The van der Waals surface area contributed by atoms with Gasteiger partial charge in [-0.1, -0.05) is 36.0 Å². The lowest BCUT2D eigenvalue weighted by atomic mass is 10.1. The molecule has 0 spiro atoms. The van der Waals surface area contributed by atoms with Gasteiger partial charge < -0.3 is 24.7 Å². The number of hydrogen-bond donors (Lipinski definition) is 2. The molecule has 0 aliphatic heterocycles. The fraction of sp³-hybridized carbons (Fsp3) is 0.280. The van der Waals surface area contributed by atoms with Crippen LogP contribution in [0.15, 0.2) is 66.3 Å². The van der Waals surface area contributed by atoms with Crippen molar-refractivity contribution in [1.82, 2.24) is 20.1 Å². The van der Waals surface area contributed by atoms with Crippen molar-refractivity contribution >= 4 is 29.3 Å². The number of aromatic nitrogens is 3. The van der Waals surface area contributed by atoms with Crippen LogP contribution in [-0.2, 0) is 22.6 Å². The molecule has 3 rings (SSSR count). The zero-order valence-corrected chi connectivity index (χ0v) is 20.8. The van der Waals surface area contributed by atoms with Crippen molar-refractivity contribution in [2.45, 2.75) is 31.1 Å². The summed E-state index contributed by atoms with van der Waals surface area (Å²) in [6.07, 6.45) is 1.95. The summed E-state index contributed by atoms with van der Waals surface area (Å²) in [6.45, 7) is 6.09. The Kier molecular flexibility index (Phi) is 9.31. The Morgan fingerprint density at radius 3 is 2.51 bits per heavy atom. The van der Waals surface area contributed by atoms with Crippen LogP contribution >= 0.6 is 11.8 Å². The van der Waals surface area contributed by atoms with E-state index >= 15 is 0 Å². The number of carbonyl (C=O) groups excluding carboxylic acids is 2. The Labute approximate surface area is 208 Å². The molecule has 1 heterocycles. The van der Waals surface area contributed by atoms with Gasteiger partial charge in [-0.15, -0.1) is 16.8 Å². The molecule has 2 N–H and O–H groups in total. The third-order valence-electron chi connectivity index (χ3n) is 5.03. The van der Waals surface area contributed by atoms with E-state index in [1.165, 1.54) is 11.8 Å². The molecule has 0 radical (unpaired) electrons. The van der Waals surface area contributed by atoms with Gasteiger partial charge in [0.15, 0.2) is 11.0 Å². The Bertz CT molecular complexity index is 1160. The number of nitrogens with zero attached hydrogens (tertiary/aromatic N) is 3. The van der Waals surface area contributed by atoms with Crippen molar-refractivity contribution in [3.63, 3.8) is 0 Å². The average Bonchev–Trinajstić information content (AvgIpc) is 3.26. The number of nitrogens with one attached hydrogen (secondary N) is 2. The monoisotopic (exact) mass is 495 g/mol. The van der Waals surface area contributed by atoms with E-state index in [0.29, 0.717) is 29.0 Å². The van der Waals surface area contributed by atoms with Gasteiger partial charge >= 0.3 is 0 Å². The summed E-state index contributed by atoms with van der Waals surface area (Å²) in [5.41, 5.74) is 1.53. The van der Waals surface area contributed by atoms with Gasteiger partial charge in [-0.3, -0.25) is 9.59 Å². The maximum atomic E-state index is 12.6. The molecule has 0 bridgehead atoms. The predicted molar refractivity (Wildman–Crippen MR) is 136 cm³/mol. The molecule has 0 unspecified atom stereocenters. The lowest BCUT2D eigenvalue weighted by molar-refractivity contribution is -0.121. The molecular weight excluding hydrogens is 466 g/mol. The van der Waals surface area contributed by atoms with Crippen LogP contribution in [0.25, 0.3) is 0 Å². The molecule has 0 fully saturated rings. The van der Waals surface area contributed by atoms with Gasteiger partial charge in [0.25, 0.3) is 0 Å². The highest BCUT2D eigenvalue weighted by atomic mass is 32.2. The van der Waals surface area contributed by atoms with Crippen LogP contribution in [0.3, 0.4) is 0 Å². The molecule has 1 atom stereocenters. The number of thioether (sulfide) groups is 1. The minimum atomic E-state index is -0.381. The number of amides is 2. The predicted octanol–water partition coefficient (Wildman–Crippen LogP) is 3.63. The number of ether oxygens (including phenoxy) is 2. The van der Waals surface area contributed by atoms with Crippen LogP contribution in [0.1, 0.15) is 24.4 Å². The first-order valence-corrected chi connectivity index (χ1v) is 11.9. The number of anilines is 1. The second-order valence-electron chi connectivity index (χ2n) is 7.62. The molecule has 2 amide bonds. The standard InChI is InChI=1S/C25H29N5O4S/c1-5-13-30-24(17(2)26-22(31)14-18-9-11-20(33-3)12-10-18)28-29-25(30)35-16-23(32)27-19-7-6-8-21(15-19)34-4/h5-12,15,17H,1,13-14,16H2,2-4H3,(H,26,31)(H,27,32)/t17-/m1/s1. The maximum Gasteiger partial charge on any atom is 0.234 e. The fourth-order valence-corrected chi connectivity index (χ4v) is 4.10. The molecule has 2 aromatic carbocycles. The third kappa shape index (κ3) is 7.35. The summed E-state index contributed by atoms with van der Waals surface area (Å²) in [5, 5.41) is 14.9. The van der Waals surface area contributed by atoms with Crippen LogP contribution in [0.5, 0.6) is 11.5 Å². The lowest BCUT2D eigenvalue weighted by Gasteiger charge is -2.15. The highest BCUT2D eigenvalue weighted by molar-refractivity contribution is 7.99. The molecule has 0 aliphatic rings. The molecule has 184 valence electrons. The highest BCUT2D eigenvalue weighted by Crippen LogP contribution is 2.22. The highest BCUT2D eigenvalue weighted by Gasteiger charge is 2.20. The number of rotatable bonds is 12. The summed E-state index contributed by atoms with van der Waals surface area (Å²) in [6, 6.07) is 14.1. The van der Waals surface area contributed by atoms with Crippen LogP contribution < -0.4 is 20.1 Å². The molecule has 0 saturated heterocycles. The summed E-state index contributed by atoms with van der Waals surface area (Å²) < 4.78 is 12.2. The molecule has 0 saturated carbocycles. The fourth-order valence-electron chi connectivity index (χ4n) is 3.34. The first-order chi connectivity index (χ1) is 16.9. The Morgan fingerprint density at radius 1 is 1.09 bits per heavy atom. The quantitative estimate of drug-likeness (QED) is 0.292. The number of hydrogen-bond acceptors (Lipinski definition) is 7. The van der Waals surface area contributed by atoms with E-state index in [0.717, 1.165) is 11.3 Å². The van der Waals surface area contributed by atoms with E-state index in [4.69, 9.17) is 9.47 Å². The van der Waals surface area contributed by atoms with E-state index in [2.05, 4.69) is 27.4 Å². The Morgan fingerprint density at radius 2 is 1.83 bits per heavy atom. The van der Waals surface area contributed by atoms with Gasteiger partial charge in [0, 0.05) is 18.3 Å². The van der Waals surface area contributed by atoms with Gasteiger partial charge in [-0.05, 0) is 36.8 Å². The van der Waals surface area contributed by atoms with Crippen LogP contribution in [0.2, 0.25) is 0 Å². The van der Waals surface area contributed by atoms with E-state index in [1.807, 2.05) is 35.8 Å². The molecule has 1 aromatic heterocycles. The molecule has 35 heavy (non-hydrogen) atoms. The molecule has 10 heteroatoms.